The van der Waals surface area contributed by atoms with Crippen LogP contribution in [-0.2, 0) is 17.9 Å². The first-order chi connectivity index (χ1) is 16.9. The molecule has 0 aliphatic carbocycles. The van der Waals surface area contributed by atoms with E-state index in [1.54, 1.807) is 25.3 Å². The third kappa shape index (κ3) is 5.85. The number of halogens is 1. The quantitative estimate of drug-likeness (QED) is 0.418. The number of hydrogen-bond donors (Lipinski definition) is 1. The van der Waals surface area contributed by atoms with Gasteiger partial charge in [0.05, 0.1) is 25.0 Å². The van der Waals surface area contributed by atoms with E-state index in [1.165, 1.54) is 47.1 Å². The van der Waals surface area contributed by atoms with E-state index in [0.29, 0.717) is 22.7 Å². The summed E-state index contributed by atoms with van der Waals surface area (Å²) in [7, 11) is 1.58. The van der Waals surface area contributed by atoms with Crippen LogP contribution in [0.1, 0.15) is 0 Å². The van der Waals surface area contributed by atoms with Crippen molar-refractivity contribution in [3.8, 4) is 28.3 Å². The Morgan fingerprint density at radius 3 is 1.97 bits per heavy atom. The van der Waals surface area contributed by atoms with Crippen LogP contribution in [0.3, 0.4) is 0 Å². The monoisotopic (exact) mass is 475 g/mol. The predicted octanol–water partition coefficient (Wildman–Crippen LogP) is 2.10. The minimum absolute atomic E-state index is 0.129. The maximum atomic E-state index is 13.2. The molecule has 2 heterocycles. The van der Waals surface area contributed by atoms with Gasteiger partial charge >= 0.3 is 0 Å². The Hall–Kier alpha value is -4.60. The fourth-order valence-corrected chi connectivity index (χ4v) is 3.35. The van der Waals surface area contributed by atoms with Crippen LogP contribution in [0.5, 0.6) is 5.75 Å². The summed E-state index contributed by atoms with van der Waals surface area (Å²) < 4.78 is 20.6. The number of carbonyl (C=O) groups excluding carboxylic acids is 1. The SMILES string of the molecule is COc1ccc(-c2ccc(=O)n(CCNC(=O)Cn3nc(-c4ccc(F)cc4)ccc3=O)n2)cc1. The Bertz CT molecular complexity index is 1450. The topological polar surface area (TPSA) is 108 Å². The van der Waals surface area contributed by atoms with Crippen molar-refractivity contribution in [1.29, 1.82) is 0 Å². The molecule has 0 fully saturated rings. The Morgan fingerprint density at radius 2 is 1.37 bits per heavy atom. The normalized spacial score (nSPS) is 10.7. The molecule has 4 aromatic rings. The first-order valence-corrected chi connectivity index (χ1v) is 10.8. The van der Waals surface area contributed by atoms with Crippen molar-refractivity contribution < 1.29 is 13.9 Å². The van der Waals surface area contributed by atoms with Crippen molar-refractivity contribution >= 4 is 5.91 Å². The van der Waals surface area contributed by atoms with Gasteiger partial charge in [0.1, 0.15) is 18.1 Å². The van der Waals surface area contributed by atoms with Gasteiger partial charge in [-0.05, 0) is 60.7 Å². The van der Waals surface area contributed by atoms with Crippen LogP contribution >= 0.6 is 0 Å². The highest BCUT2D eigenvalue weighted by Gasteiger charge is 2.09. The average molecular weight is 475 g/mol. The first kappa shape index (κ1) is 23.6. The van der Waals surface area contributed by atoms with E-state index >= 15 is 0 Å². The summed E-state index contributed by atoms with van der Waals surface area (Å²) in [6.07, 6.45) is 0. The highest BCUT2D eigenvalue weighted by Crippen LogP contribution is 2.19. The van der Waals surface area contributed by atoms with Crippen molar-refractivity contribution in [3.63, 3.8) is 0 Å². The Kier molecular flexibility index (Phi) is 7.10. The zero-order valence-electron chi connectivity index (χ0n) is 18.8. The second kappa shape index (κ2) is 10.6. The third-order valence-electron chi connectivity index (χ3n) is 5.20. The molecule has 0 aliphatic rings. The van der Waals surface area contributed by atoms with Gasteiger partial charge in [0.2, 0.25) is 5.91 Å². The Morgan fingerprint density at radius 1 is 0.829 bits per heavy atom. The zero-order chi connectivity index (χ0) is 24.8. The molecule has 0 atom stereocenters. The lowest BCUT2D eigenvalue weighted by Gasteiger charge is -2.10. The van der Waals surface area contributed by atoms with Crippen LogP contribution in [0.4, 0.5) is 4.39 Å². The van der Waals surface area contributed by atoms with Crippen molar-refractivity contribution in [3.05, 3.63) is 99.3 Å². The van der Waals surface area contributed by atoms with Crippen LogP contribution in [0.25, 0.3) is 22.5 Å². The minimum atomic E-state index is -0.449. The highest BCUT2D eigenvalue weighted by atomic mass is 19.1. The number of rotatable bonds is 8. The summed E-state index contributed by atoms with van der Waals surface area (Å²) in [4.78, 5) is 36.7. The number of aromatic nitrogens is 4. The van der Waals surface area contributed by atoms with Gasteiger partial charge in [0, 0.05) is 29.8 Å². The maximum Gasteiger partial charge on any atom is 0.267 e. The van der Waals surface area contributed by atoms with Crippen LogP contribution in [-0.4, -0.2) is 39.1 Å². The Labute approximate surface area is 199 Å². The highest BCUT2D eigenvalue weighted by molar-refractivity contribution is 5.75. The summed E-state index contributed by atoms with van der Waals surface area (Å²) in [5.74, 6) is -0.124. The molecule has 0 saturated heterocycles. The minimum Gasteiger partial charge on any atom is -0.497 e. The largest absolute Gasteiger partial charge is 0.497 e. The van der Waals surface area contributed by atoms with Gasteiger partial charge in [-0.15, -0.1) is 0 Å². The average Bonchev–Trinajstić information content (AvgIpc) is 2.87. The summed E-state index contributed by atoms with van der Waals surface area (Å²) in [5.41, 5.74) is 1.71. The molecule has 0 aliphatic heterocycles. The molecule has 9 nitrogen and oxygen atoms in total. The molecule has 2 aromatic heterocycles. The van der Waals surface area contributed by atoms with Gasteiger partial charge in [-0.2, -0.15) is 10.2 Å². The standard InChI is InChI=1S/C25H22FN5O4/c1-35-20-8-4-18(5-9-20)21-10-12-24(33)30(28-21)15-14-27-23(32)16-31-25(34)13-11-22(29-31)17-2-6-19(26)7-3-17/h2-13H,14-16H2,1H3,(H,27,32). The fourth-order valence-electron chi connectivity index (χ4n) is 3.35. The summed E-state index contributed by atoms with van der Waals surface area (Å²) in [6, 6.07) is 18.8. The number of amides is 1. The van der Waals surface area contributed by atoms with E-state index in [2.05, 4.69) is 15.5 Å². The van der Waals surface area contributed by atoms with E-state index < -0.39 is 11.5 Å². The molecule has 1 amide bonds. The molecule has 0 radical (unpaired) electrons. The molecular weight excluding hydrogens is 453 g/mol. The summed E-state index contributed by atoms with van der Waals surface area (Å²) in [5, 5.41) is 11.2. The number of benzene rings is 2. The predicted molar refractivity (Wildman–Crippen MR) is 127 cm³/mol. The van der Waals surface area contributed by atoms with Crippen molar-refractivity contribution in [2.24, 2.45) is 0 Å². The van der Waals surface area contributed by atoms with Gasteiger partial charge in [-0.1, -0.05) is 0 Å². The van der Waals surface area contributed by atoms with E-state index in [9.17, 15) is 18.8 Å². The lowest BCUT2D eigenvalue weighted by molar-refractivity contribution is -0.121. The van der Waals surface area contributed by atoms with E-state index in [1.807, 2.05) is 12.1 Å². The van der Waals surface area contributed by atoms with Crippen LogP contribution in [0.15, 0.2) is 82.4 Å². The van der Waals surface area contributed by atoms with Gasteiger partial charge in [0.25, 0.3) is 11.1 Å². The van der Waals surface area contributed by atoms with Crippen molar-refractivity contribution in [2.45, 2.75) is 13.1 Å². The summed E-state index contributed by atoms with van der Waals surface area (Å²) in [6.45, 7) is -0.0290. The second-order valence-corrected chi connectivity index (χ2v) is 7.58. The summed E-state index contributed by atoms with van der Waals surface area (Å²) >= 11 is 0. The molecule has 4 rings (SSSR count). The number of methoxy groups -OCH3 is 1. The van der Waals surface area contributed by atoms with Gasteiger partial charge in [0.15, 0.2) is 0 Å². The lowest BCUT2D eigenvalue weighted by Crippen LogP contribution is -2.36. The molecule has 178 valence electrons. The van der Waals surface area contributed by atoms with Crippen LogP contribution in [0, 0.1) is 5.82 Å². The molecule has 0 bridgehead atoms. The molecule has 2 aromatic carbocycles. The van der Waals surface area contributed by atoms with E-state index in [-0.39, 0.29) is 31.0 Å². The Balaban J connectivity index is 1.39. The molecule has 10 heteroatoms. The zero-order valence-corrected chi connectivity index (χ0v) is 18.8. The molecule has 0 spiro atoms. The smallest absolute Gasteiger partial charge is 0.267 e. The lowest BCUT2D eigenvalue weighted by atomic mass is 10.1. The van der Waals surface area contributed by atoms with Gasteiger partial charge in [-0.3, -0.25) is 14.4 Å². The number of ether oxygens (including phenoxy) is 1. The van der Waals surface area contributed by atoms with Gasteiger partial charge < -0.3 is 10.1 Å². The third-order valence-corrected chi connectivity index (χ3v) is 5.20. The molecule has 0 unspecified atom stereocenters. The van der Waals surface area contributed by atoms with E-state index in [4.69, 9.17) is 4.74 Å². The number of hydrogen-bond acceptors (Lipinski definition) is 6. The second-order valence-electron chi connectivity index (χ2n) is 7.58. The molecule has 0 saturated carbocycles. The van der Waals surface area contributed by atoms with Crippen molar-refractivity contribution in [2.75, 3.05) is 13.7 Å². The van der Waals surface area contributed by atoms with E-state index in [0.717, 1.165) is 10.2 Å². The number of carbonyl (C=O) groups is 1. The van der Waals surface area contributed by atoms with Gasteiger partial charge in [-0.25, -0.2) is 13.8 Å². The molecule has 1 N–H and O–H groups in total. The maximum absolute atomic E-state index is 13.2. The first-order valence-electron chi connectivity index (χ1n) is 10.8. The fraction of sp³-hybridized carbons (Fsp3) is 0.160. The van der Waals surface area contributed by atoms with Crippen LogP contribution < -0.4 is 21.2 Å². The molecule has 35 heavy (non-hydrogen) atoms. The number of nitrogens with zero attached hydrogens (tertiary/aromatic N) is 4. The van der Waals surface area contributed by atoms with Crippen LogP contribution in [0.2, 0.25) is 0 Å². The molecular formula is C25H22FN5O4. The number of nitrogens with one attached hydrogen (secondary N) is 1. The van der Waals surface area contributed by atoms with Crippen molar-refractivity contribution in [1.82, 2.24) is 24.9 Å².